The third-order valence-electron chi connectivity index (χ3n) is 3.29. The second-order valence-corrected chi connectivity index (χ2v) is 6.04. The van der Waals surface area contributed by atoms with E-state index in [1.165, 1.54) is 13.8 Å². The maximum Gasteiger partial charge on any atom is 0.455 e. The molecule has 11 heteroatoms. The van der Waals surface area contributed by atoms with Crippen LogP contribution in [-0.4, -0.2) is 30.1 Å². The number of amides is 1. The van der Waals surface area contributed by atoms with E-state index >= 15 is 0 Å². The number of hydrogen-bond acceptors (Lipinski definition) is 2. The summed E-state index contributed by atoms with van der Waals surface area (Å²) in [6, 6.07) is 1.36. The molecule has 0 spiro atoms. The van der Waals surface area contributed by atoms with Crippen LogP contribution >= 0.6 is 0 Å². The Morgan fingerprint density at radius 2 is 1.63 bits per heavy atom. The molecule has 0 heterocycles. The van der Waals surface area contributed by atoms with Gasteiger partial charge in [-0.15, -0.1) is 6.42 Å². The third-order valence-corrected chi connectivity index (χ3v) is 3.29. The van der Waals surface area contributed by atoms with Crippen LogP contribution in [0.2, 0.25) is 0 Å². The molecule has 0 aromatic heterocycles. The van der Waals surface area contributed by atoms with E-state index in [-0.39, 0.29) is 0 Å². The van der Waals surface area contributed by atoms with Crippen molar-refractivity contribution in [2.75, 3.05) is 11.9 Å². The van der Waals surface area contributed by atoms with Gasteiger partial charge >= 0.3 is 18.3 Å². The molecule has 0 aliphatic heterocycles. The Bertz CT molecular complexity index is 744. The Kier molecular flexibility index (Phi) is 6.05. The summed E-state index contributed by atoms with van der Waals surface area (Å²) in [4.78, 5) is 12.2. The lowest BCUT2D eigenvalue weighted by atomic mass is 10.0. The van der Waals surface area contributed by atoms with E-state index in [0.717, 1.165) is 0 Å². The first-order chi connectivity index (χ1) is 12.0. The van der Waals surface area contributed by atoms with Crippen molar-refractivity contribution in [3.63, 3.8) is 0 Å². The number of carbonyl (C=O) groups is 1. The van der Waals surface area contributed by atoms with E-state index in [0.29, 0.717) is 18.2 Å². The molecule has 2 N–H and O–H groups in total. The van der Waals surface area contributed by atoms with Gasteiger partial charge < -0.3 is 10.6 Å². The zero-order valence-corrected chi connectivity index (χ0v) is 13.9. The Balaban J connectivity index is 3.28. The molecule has 0 saturated carbocycles. The Labute approximate surface area is 149 Å². The highest BCUT2D eigenvalue weighted by molar-refractivity contribution is 6.00. The Morgan fingerprint density at radius 3 is 2.07 bits per heavy atom. The first kappa shape index (κ1) is 22.5. The molecule has 0 atom stereocenters. The number of benzene rings is 1. The van der Waals surface area contributed by atoms with Crippen LogP contribution in [0, 0.1) is 12.3 Å². The third kappa shape index (κ3) is 5.74. The number of rotatable bonds is 5. The highest BCUT2D eigenvalue weighted by Crippen LogP contribution is 2.36. The molecule has 27 heavy (non-hydrogen) atoms. The first-order valence-corrected chi connectivity index (χ1v) is 7.20. The fourth-order valence-corrected chi connectivity index (χ4v) is 1.76. The van der Waals surface area contributed by atoms with Crippen LogP contribution in [-0.2, 0) is 6.18 Å². The largest absolute Gasteiger partial charge is 0.455 e. The monoisotopic (exact) mass is 402 g/mol. The molecular weight excluding hydrogens is 388 g/mol. The van der Waals surface area contributed by atoms with Crippen LogP contribution in [0.3, 0.4) is 0 Å². The first-order valence-electron chi connectivity index (χ1n) is 7.20. The van der Waals surface area contributed by atoms with Crippen molar-refractivity contribution in [1.82, 2.24) is 5.32 Å². The second-order valence-electron chi connectivity index (χ2n) is 6.04. The number of hydrogen-bond donors (Lipinski definition) is 2. The van der Waals surface area contributed by atoms with Crippen molar-refractivity contribution >= 4 is 11.6 Å². The summed E-state index contributed by atoms with van der Waals surface area (Å²) in [6.07, 6.45) is -5.60. The minimum atomic E-state index is -5.88. The molecule has 0 bridgehead atoms. The van der Waals surface area contributed by atoms with E-state index in [4.69, 9.17) is 6.42 Å². The molecule has 1 rings (SSSR count). The van der Waals surface area contributed by atoms with Crippen LogP contribution in [0.5, 0.6) is 0 Å². The van der Waals surface area contributed by atoms with E-state index in [9.17, 15) is 39.9 Å². The van der Waals surface area contributed by atoms with Gasteiger partial charge in [0.1, 0.15) is 0 Å². The maximum atomic E-state index is 13.0. The van der Waals surface area contributed by atoms with Crippen molar-refractivity contribution in [2.24, 2.45) is 0 Å². The van der Waals surface area contributed by atoms with E-state index < -0.39 is 53.1 Å². The number of halogens is 8. The topological polar surface area (TPSA) is 41.1 Å². The van der Waals surface area contributed by atoms with Crippen molar-refractivity contribution in [1.29, 1.82) is 0 Å². The fraction of sp³-hybridized carbons (Fsp3) is 0.438. The maximum absolute atomic E-state index is 13.0. The van der Waals surface area contributed by atoms with Gasteiger partial charge in [-0.3, -0.25) is 4.79 Å². The number of carbonyl (C=O) groups excluding carboxylic acids is 1. The summed E-state index contributed by atoms with van der Waals surface area (Å²) in [7, 11) is 0. The zero-order chi connectivity index (χ0) is 21.3. The summed E-state index contributed by atoms with van der Waals surface area (Å²) >= 11 is 0. The molecule has 0 aliphatic rings. The van der Waals surface area contributed by atoms with Gasteiger partial charge in [0.25, 0.3) is 5.91 Å². The van der Waals surface area contributed by atoms with Crippen molar-refractivity contribution in [2.45, 2.75) is 37.7 Å². The van der Waals surface area contributed by atoms with Crippen molar-refractivity contribution < 1.29 is 39.9 Å². The number of alkyl halides is 8. The molecule has 0 aliphatic carbocycles. The van der Waals surface area contributed by atoms with Crippen molar-refractivity contribution in [3.05, 3.63) is 29.3 Å². The van der Waals surface area contributed by atoms with Crippen LogP contribution in [0.15, 0.2) is 18.2 Å². The van der Waals surface area contributed by atoms with Gasteiger partial charge in [-0.2, -0.15) is 35.1 Å². The summed E-state index contributed by atoms with van der Waals surface area (Å²) in [5.74, 6) is -4.20. The minimum Gasteiger partial charge on any atom is -0.378 e. The fourth-order valence-electron chi connectivity index (χ4n) is 1.76. The van der Waals surface area contributed by atoms with Crippen LogP contribution in [0.4, 0.5) is 40.8 Å². The highest BCUT2D eigenvalue weighted by Gasteiger charge is 2.57. The second kappa shape index (κ2) is 7.25. The standard InChI is InChI=1S/C16H14F8N2O/c1-4-13(2,3)26-12(27)10-7-9(15(19,20)21)5-6-11(10)25-8-14(17,18)16(22,23)24/h1,5-7,25H,8H2,2-3H3,(H,26,27). The summed E-state index contributed by atoms with van der Waals surface area (Å²) in [5, 5.41) is 3.85. The number of anilines is 1. The van der Waals surface area contributed by atoms with Gasteiger partial charge in [-0.1, -0.05) is 5.92 Å². The predicted octanol–water partition coefficient (Wildman–Crippen LogP) is 4.46. The Morgan fingerprint density at radius 1 is 1.07 bits per heavy atom. The molecule has 0 saturated heterocycles. The van der Waals surface area contributed by atoms with E-state index in [1.807, 2.05) is 0 Å². The van der Waals surface area contributed by atoms with E-state index in [1.54, 1.807) is 5.32 Å². The molecule has 3 nitrogen and oxygen atoms in total. The van der Waals surface area contributed by atoms with Crippen LogP contribution < -0.4 is 10.6 Å². The van der Waals surface area contributed by atoms with Gasteiger partial charge in [0.05, 0.1) is 23.2 Å². The zero-order valence-electron chi connectivity index (χ0n) is 13.9. The van der Waals surface area contributed by atoms with Gasteiger partial charge in [0.2, 0.25) is 0 Å². The molecule has 1 aromatic rings. The lowest BCUT2D eigenvalue weighted by Crippen LogP contribution is -2.44. The SMILES string of the molecule is C#CC(C)(C)NC(=O)c1cc(C(F)(F)F)ccc1NCC(F)(F)C(F)(F)F. The normalized spacial score (nSPS) is 13.1. The Hall–Kier alpha value is -2.51. The highest BCUT2D eigenvalue weighted by atomic mass is 19.4. The van der Waals surface area contributed by atoms with Gasteiger partial charge in [0, 0.05) is 5.69 Å². The van der Waals surface area contributed by atoms with Crippen molar-refractivity contribution in [3.8, 4) is 12.3 Å². The summed E-state index contributed by atoms with van der Waals surface area (Å²) < 4.78 is 101. The number of nitrogens with one attached hydrogen (secondary N) is 2. The summed E-state index contributed by atoms with van der Waals surface area (Å²) in [5.41, 5.74) is -4.03. The van der Waals surface area contributed by atoms with Crippen LogP contribution in [0.1, 0.15) is 29.8 Å². The molecule has 1 amide bonds. The van der Waals surface area contributed by atoms with Crippen LogP contribution in [0.25, 0.3) is 0 Å². The lowest BCUT2D eigenvalue weighted by molar-refractivity contribution is -0.275. The molecule has 0 radical (unpaired) electrons. The molecule has 1 aromatic carbocycles. The molecule has 150 valence electrons. The van der Waals surface area contributed by atoms with Gasteiger partial charge in [-0.25, -0.2) is 0 Å². The molecule has 0 unspecified atom stereocenters. The minimum absolute atomic E-state index is 0.329. The van der Waals surface area contributed by atoms with Gasteiger partial charge in [0.15, 0.2) is 0 Å². The van der Waals surface area contributed by atoms with E-state index in [2.05, 4.69) is 11.2 Å². The smallest absolute Gasteiger partial charge is 0.378 e. The molecular formula is C16H14F8N2O. The quantitative estimate of drug-likeness (QED) is 0.564. The molecule has 0 fully saturated rings. The number of terminal acetylenes is 1. The average Bonchev–Trinajstić information content (AvgIpc) is 2.50. The average molecular weight is 402 g/mol. The van der Waals surface area contributed by atoms with Gasteiger partial charge in [-0.05, 0) is 32.0 Å². The summed E-state index contributed by atoms with van der Waals surface area (Å²) in [6.45, 7) is 0.702. The predicted molar refractivity (Wildman–Crippen MR) is 81.3 cm³/mol. The lowest BCUT2D eigenvalue weighted by Gasteiger charge is -2.23.